The Morgan fingerprint density at radius 2 is 1.64 bits per heavy atom. The number of benzene rings is 2. The summed E-state index contributed by atoms with van der Waals surface area (Å²) in [5, 5.41) is 2.66. The van der Waals surface area contributed by atoms with Crippen LogP contribution in [0.5, 0.6) is 0 Å². The maximum Gasteiger partial charge on any atom is 0.308 e. The largest absolute Gasteiger partial charge is 0.466 e. The predicted molar refractivity (Wildman–Crippen MR) is 127 cm³/mol. The minimum absolute atomic E-state index is 0.0956. The van der Waals surface area contributed by atoms with Gasteiger partial charge in [0.2, 0.25) is 15.9 Å². The standard InChI is InChI=1S/C25H32N2O5S/c1-3-32-25(29)22-11-9-21(10-12-22)18-27(17-20-7-5-4-6-8-20)33(30,31)24-15-13-23(14-16-24)26-19(2)28/h4-8,13-16,21-22H,3,9-12,17-18H2,1-2H3,(H,26,28). The van der Waals surface area contributed by atoms with Crippen LogP contribution in [0.25, 0.3) is 0 Å². The molecule has 1 amide bonds. The van der Waals surface area contributed by atoms with E-state index < -0.39 is 10.0 Å². The van der Waals surface area contributed by atoms with Crippen LogP contribution in [0.15, 0.2) is 59.5 Å². The van der Waals surface area contributed by atoms with Crippen LogP contribution in [0.4, 0.5) is 5.69 Å². The molecule has 2 aromatic rings. The Bertz CT molecular complexity index is 1030. The molecular weight excluding hydrogens is 440 g/mol. The number of sulfonamides is 1. The van der Waals surface area contributed by atoms with Gasteiger partial charge in [0.1, 0.15) is 0 Å². The van der Waals surface area contributed by atoms with Crippen molar-refractivity contribution >= 4 is 27.6 Å². The number of hydrogen-bond donors (Lipinski definition) is 1. The first-order valence-corrected chi connectivity index (χ1v) is 12.8. The molecule has 1 aliphatic carbocycles. The highest BCUT2D eigenvalue weighted by Gasteiger charge is 2.32. The molecule has 0 radical (unpaired) electrons. The van der Waals surface area contributed by atoms with Gasteiger partial charge in [-0.1, -0.05) is 30.3 Å². The summed E-state index contributed by atoms with van der Waals surface area (Å²) in [4.78, 5) is 23.5. The Labute approximate surface area is 196 Å². The minimum Gasteiger partial charge on any atom is -0.466 e. The van der Waals surface area contributed by atoms with E-state index >= 15 is 0 Å². The molecule has 1 aliphatic rings. The lowest BCUT2D eigenvalue weighted by atomic mass is 9.82. The van der Waals surface area contributed by atoms with Gasteiger partial charge in [0, 0.05) is 25.7 Å². The first kappa shape index (κ1) is 24.9. The maximum atomic E-state index is 13.6. The van der Waals surface area contributed by atoms with Gasteiger partial charge in [0.25, 0.3) is 0 Å². The summed E-state index contributed by atoms with van der Waals surface area (Å²) in [5.74, 6) is -0.284. The molecule has 0 heterocycles. The quantitative estimate of drug-likeness (QED) is 0.552. The first-order valence-electron chi connectivity index (χ1n) is 11.4. The summed E-state index contributed by atoms with van der Waals surface area (Å²) in [6, 6.07) is 15.8. The Morgan fingerprint density at radius 3 is 2.21 bits per heavy atom. The number of nitrogens with zero attached hydrogens (tertiary/aromatic N) is 1. The lowest BCUT2D eigenvalue weighted by Crippen LogP contribution is -2.37. The van der Waals surface area contributed by atoms with Crippen LogP contribution < -0.4 is 5.32 Å². The van der Waals surface area contributed by atoms with Gasteiger partial charge in [-0.05, 0) is 68.4 Å². The van der Waals surface area contributed by atoms with Crippen LogP contribution in [-0.2, 0) is 30.9 Å². The van der Waals surface area contributed by atoms with E-state index in [0.717, 1.165) is 18.4 Å². The average molecular weight is 473 g/mol. The summed E-state index contributed by atoms with van der Waals surface area (Å²) in [5.41, 5.74) is 1.46. The van der Waals surface area contributed by atoms with Gasteiger partial charge in [-0.2, -0.15) is 4.31 Å². The van der Waals surface area contributed by atoms with Gasteiger partial charge < -0.3 is 10.1 Å². The number of hydrogen-bond acceptors (Lipinski definition) is 5. The van der Waals surface area contributed by atoms with Crippen molar-refractivity contribution in [2.45, 2.75) is 51.0 Å². The fourth-order valence-electron chi connectivity index (χ4n) is 4.23. The van der Waals surface area contributed by atoms with Gasteiger partial charge in [-0.25, -0.2) is 8.42 Å². The summed E-state index contributed by atoms with van der Waals surface area (Å²) in [7, 11) is -3.75. The topological polar surface area (TPSA) is 92.8 Å². The van der Waals surface area contributed by atoms with E-state index in [-0.39, 0.29) is 35.2 Å². The van der Waals surface area contributed by atoms with Crippen LogP contribution in [0.1, 0.15) is 45.1 Å². The molecule has 178 valence electrons. The molecule has 3 rings (SSSR count). The fraction of sp³-hybridized carbons (Fsp3) is 0.440. The highest BCUT2D eigenvalue weighted by atomic mass is 32.2. The third-order valence-corrected chi connectivity index (χ3v) is 7.77. The minimum atomic E-state index is -3.75. The molecule has 8 heteroatoms. The molecule has 1 fully saturated rings. The van der Waals surface area contributed by atoms with Crippen molar-refractivity contribution in [2.24, 2.45) is 11.8 Å². The SMILES string of the molecule is CCOC(=O)C1CCC(CN(Cc2ccccc2)S(=O)(=O)c2ccc(NC(C)=O)cc2)CC1. The Balaban J connectivity index is 1.76. The van der Waals surface area contributed by atoms with Gasteiger partial charge in [0.05, 0.1) is 17.4 Å². The molecule has 0 unspecified atom stereocenters. The summed E-state index contributed by atoms with van der Waals surface area (Å²) < 4.78 is 33.8. The number of amides is 1. The van der Waals surface area contributed by atoms with Crippen molar-refractivity contribution in [3.8, 4) is 0 Å². The third-order valence-electron chi connectivity index (χ3n) is 5.94. The number of nitrogens with one attached hydrogen (secondary N) is 1. The number of ether oxygens (including phenoxy) is 1. The zero-order valence-electron chi connectivity index (χ0n) is 19.2. The molecule has 0 atom stereocenters. The summed E-state index contributed by atoms with van der Waals surface area (Å²) >= 11 is 0. The Kier molecular flexibility index (Phi) is 8.63. The van der Waals surface area contributed by atoms with E-state index in [0.29, 0.717) is 31.7 Å². The van der Waals surface area contributed by atoms with Crippen molar-refractivity contribution < 1.29 is 22.7 Å². The summed E-state index contributed by atoms with van der Waals surface area (Å²) in [6.07, 6.45) is 3.00. The second-order valence-electron chi connectivity index (χ2n) is 8.46. The molecule has 7 nitrogen and oxygen atoms in total. The van der Waals surface area contributed by atoms with Crippen molar-refractivity contribution in [3.63, 3.8) is 0 Å². The van der Waals surface area contributed by atoms with Crippen molar-refractivity contribution in [2.75, 3.05) is 18.5 Å². The third kappa shape index (κ3) is 6.88. The molecule has 0 spiro atoms. The van der Waals surface area contributed by atoms with E-state index in [1.165, 1.54) is 23.4 Å². The molecule has 1 N–H and O–H groups in total. The number of anilines is 1. The lowest BCUT2D eigenvalue weighted by Gasteiger charge is -2.31. The maximum absolute atomic E-state index is 13.6. The zero-order valence-corrected chi connectivity index (χ0v) is 20.0. The lowest BCUT2D eigenvalue weighted by molar-refractivity contribution is -0.149. The Hall–Kier alpha value is -2.71. The van der Waals surface area contributed by atoms with E-state index in [1.54, 1.807) is 19.1 Å². The van der Waals surface area contributed by atoms with Crippen molar-refractivity contribution in [1.29, 1.82) is 0 Å². The zero-order chi connectivity index (χ0) is 23.8. The van der Waals surface area contributed by atoms with Crippen LogP contribution >= 0.6 is 0 Å². The van der Waals surface area contributed by atoms with Crippen LogP contribution in [0, 0.1) is 11.8 Å². The van der Waals surface area contributed by atoms with E-state index in [4.69, 9.17) is 4.74 Å². The normalized spacial score (nSPS) is 18.6. The number of carbonyl (C=O) groups is 2. The van der Waals surface area contributed by atoms with Crippen LogP contribution in [0.3, 0.4) is 0 Å². The molecular formula is C25H32N2O5S. The van der Waals surface area contributed by atoms with Crippen molar-refractivity contribution in [3.05, 3.63) is 60.2 Å². The van der Waals surface area contributed by atoms with Gasteiger partial charge in [0.15, 0.2) is 0 Å². The van der Waals surface area contributed by atoms with Gasteiger partial charge in [-0.15, -0.1) is 0 Å². The molecule has 0 aliphatic heterocycles. The molecule has 1 saturated carbocycles. The number of esters is 1. The van der Waals surface area contributed by atoms with Gasteiger partial charge >= 0.3 is 5.97 Å². The van der Waals surface area contributed by atoms with Crippen molar-refractivity contribution in [1.82, 2.24) is 4.31 Å². The van der Waals surface area contributed by atoms with Crippen LogP contribution in [0.2, 0.25) is 0 Å². The van der Waals surface area contributed by atoms with Gasteiger partial charge in [-0.3, -0.25) is 9.59 Å². The molecule has 2 aromatic carbocycles. The molecule has 0 saturated heterocycles. The molecule has 0 aromatic heterocycles. The number of carbonyl (C=O) groups excluding carboxylic acids is 2. The molecule has 33 heavy (non-hydrogen) atoms. The Morgan fingerprint density at radius 1 is 1.00 bits per heavy atom. The van der Waals surface area contributed by atoms with Crippen LogP contribution in [-0.4, -0.2) is 37.8 Å². The highest BCUT2D eigenvalue weighted by Crippen LogP contribution is 2.32. The smallest absolute Gasteiger partial charge is 0.308 e. The predicted octanol–water partition coefficient (Wildman–Crippen LogP) is 4.21. The first-order chi connectivity index (χ1) is 15.8. The van der Waals surface area contributed by atoms with E-state index in [1.807, 2.05) is 30.3 Å². The highest BCUT2D eigenvalue weighted by molar-refractivity contribution is 7.89. The molecule has 0 bridgehead atoms. The second kappa shape index (κ2) is 11.4. The van der Waals surface area contributed by atoms with E-state index in [2.05, 4.69) is 5.32 Å². The second-order valence-corrected chi connectivity index (χ2v) is 10.4. The van der Waals surface area contributed by atoms with E-state index in [9.17, 15) is 18.0 Å². The number of rotatable bonds is 9. The monoisotopic (exact) mass is 472 g/mol. The average Bonchev–Trinajstić information content (AvgIpc) is 2.80. The summed E-state index contributed by atoms with van der Waals surface area (Å²) in [6.45, 7) is 4.25. The fourth-order valence-corrected chi connectivity index (χ4v) is 5.73.